The largest absolute Gasteiger partial charge is 0.444 e. The number of para-hydroxylation sites is 1. The number of guanidine groups is 1. The van der Waals surface area contributed by atoms with Gasteiger partial charge in [-0.2, -0.15) is 0 Å². The van der Waals surface area contributed by atoms with Gasteiger partial charge in [-0.3, -0.25) is 4.99 Å². The Balaban J connectivity index is 2.01. The molecule has 0 aliphatic heterocycles. The third-order valence-corrected chi connectivity index (χ3v) is 4.18. The highest BCUT2D eigenvalue weighted by Crippen LogP contribution is 2.29. The van der Waals surface area contributed by atoms with E-state index in [2.05, 4.69) is 15.6 Å². The minimum atomic E-state index is -0.517. The lowest BCUT2D eigenvalue weighted by atomic mass is 9.82. The van der Waals surface area contributed by atoms with E-state index in [1.165, 1.54) is 6.42 Å². The van der Waals surface area contributed by atoms with E-state index >= 15 is 0 Å². The van der Waals surface area contributed by atoms with E-state index in [1.54, 1.807) is 0 Å². The van der Waals surface area contributed by atoms with E-state index in [-0.39, 0.29) is 11.6 Å². The molecule has 2 rings (SSSR count). The molecule has 0 unspecified atom stereocenters. The molecule has 1 saturated carbocycles. The lowest BCUT2D eigenvalue weighted by Gasteiger charge is -2.37. The van der Waals surface area contributed by atoms with Crippen molar-refractivity contribution < 1.29 is 9.53 Å². The van der Waals surface area contributed by atoms with Gasteiger partial charge in [-0.05, 0) is 45.7 Å². The quantitative estimate of drug-likeness (QED) is 0.573. The fourth-order valence-corrected chi connectivity index (χ4v) is 3.02. The van der Waals surface area contributed by atoms with Gasteiger partial charge >= 0.3 is 6.09 Å². The molecule has 6 nitrogen and oxygen atoms in total. The Morgan fingerprint density at radius 1 is 1.20 bits per heavy atom. The lowest BCUT2D eigenvalue weighted by molar-refractivity contribution is 0.0431. The van der Waals surface area contributed by atoms with E-state index < -0.39 is 5.60 Å². The molecule has 1 fully saturated rings. The molecule has 0 spiro atoms. The maximum Gasteiger partial charge on any atom is 0.408 e. The van der Waals surface area contributed by atoms with Crippen LogP contribution in [-0.2, 0) is 4.74 Å². The maximum absolute atomic E-state index is 12.2. The van der Waals surface area contributed by atoms with Crippen molar-refractivity contribution in [2.24, 2.45) is 10.7 Å². The fraction of sp³-hybridized carbons (Fsp3) is 0.579. The van der Waals surface area contributed by atoms with Gasteiger partial charge in [0, 0.05) is 5.69 Å². The Morgan fingerprint density at radius 2 is 1.84 bits per heavy atom. The molecule has 0 aromatic heterocycles. The average molecular weight is 346 g/mol. The first-order valence-electron chi connectivity index (χ1n) is 8.91. The van der Waals surface area contributed by atoms with E-state index in [4.69, 9.17) is 10.5 Å². The van der Waals surface area contributed by atoms with Gasteiger partial charge in [0.25, 0.3) is 0 Å². The standard InChI is InChI=1S/C19H30N4O2/c1-18(2,3)25-17(24)23-19(12-8-5-9-13-19)14-21-16(20)22-15-10-6-4-7-11-15/h4,6-7,10-11H,5,8-9,12-14H2,1-3H3,(H,23,24)(H3,20,21,22). The molecule has 0 heterocycles. The molecule has 0 saturated heterocycles. The number of benzene rings is 1. The van der Waals surface area contributed by atoms with Crippen molar-refractivity contribution in [2.75, 3.05) is 11.9 Å². The highest BCUT2D eigenvalue weighted by Gasteiger charge is 2.35. The van der Waals surface area contributed by atoms with Crippen molar-refractivity contribution >= 4 is 17.7 Å². The number of nitrogens with two attached hydrogens (primary N) is 1. The first kappa shape index (κ1) is 19.1. The molecule has 1 aliphatic carbocycles. The molecule has 4 N–H and O–H groups in total. The first-order valence-corrected chi connectivity index (χ1v) is 8.91. The molecule has 1 aromatic carbocycles. The third kappa shape index (κ3) is 6.64. The Bertz CT molecular complexity index is 587. The highest BCUT2D eigenvalue weighted by molar-refractivity contribution is 5.92. The molecule has 1 aromatic rings. The number of carbonyl (C=O) groups excluding carboxylic acids is 1. The summed E-state index contributed by atoms with van der Waals surface area (Å²) in [6, 6.07) is 9.67. The molecular formula is C19H30N4O2. The predicted molar refractivity (Wildman–Crippen MR) is 102 cm³/mol. The monoisotopic (exact) mass is 346 g/mol. The molecular weight excluding hydrogens is 316 g/mol. The summed E-state index contributed by atoms with van der Waals surface area (Å²) in [6.45, 7) is 6.03. The fourth-order valence-electron chi connectivity index (χ4n) is 3.02. The van der Waals surface area contributed by atoms with Crippen LogP contribution < -0.4 is 16.4 Å². The van der Waals surface area contributed by atoms with Gasteiger partial charge in [-0.15, -0.1) is 0 Å². The third-order valence-electron chi connectivity index (χ3n) is 4.18. The number of aliphatic imine (C=N–C) groups is 1. The summed E-state index contributed by atoms with van der Waals surface area (Å²) in [5.41, 5.74) is 6.00. The first-order chi connectivity index (χ1) is 11.8. The zero-order valence-corrected chi connectivity index (χ0v) is 15.5. The Kier molecular flexibility index (Phi) is 6.28. The number of rotatable bonds is 4. The van der Waals surface area contributed by atoms with E-state index in [0.29, 0.717) is 12.5 Å². The summed E-state index contributed by atoms with van der Waals surface area (Å²) in [6.07, 6.45) is 4.69. The van der Waals surface area contributed by atoms with Gasteiger partial charge in [0.1, 0.15) is 5.60 Å². The number of nitrogens with zero attached hydrogens (tertiary/aromatic N) is 1. The van der Waals surface area contributed by atoms with E-state index in [0.717, 1.165) is 31.4 Å². The Labute approximate surface area is 150 Å². The molecule has 6 heteroatoms. The van der Waals surface area contributed by atoms with Crippen LogP contribution in [0, 0.1) is 0 Å². The van der Waals surface area contributed by atoms with Gasteiger partial charge in [0.15, 0.2) is 5.96 Å². The second-order valence-electron chi connectivity index (χ2n) is 7.66. The maximum atomic E-state index is 12.2. The van der Waals surface area contributed by atoms with Gasteiger partial charge in [0.2, 0.25) is 0 Å². The molecule has 1 amide bonds. The van der Waals surface area contributed by atoms with Crippen LogP contribution in [0.15, 0.2) is 35.3 Å². The van der Waals surface area contributed by atoms with Crippen molar-refractivity contribution in [3.05, 3.63) is 30.3 Å². The molecule has 1 aliphatic rings. The number of alkyl carbamates (subject to hydrolysis) is 1. The highest BCUT2D eigenvalue weighted by atomic mass is 16.6. The topological polar surface area (TPSA) is 88.7 Å². The van der Waals surface area contributed by atoms with Gasteiger partial charge in [0.05, 0.1) is 12.1 Å². The van der Waals surface area contributed by atoms with Crippen LogP contribution in [0.25, 0.3) is 0 Å². The molecule has 0 atom stereocenters. The minimum Gasteiger partial charge on any atom is -0.444 e. The SMILES string of the molecule is CC(C)(C)OC(=O)NC1(CN=C(N)Nc2ccccc2)CCCCC1. The van der Waals surface area contributed by atoms with Gasteiger partial charge in [-0.25, -0.2) is 4.79 Å². The number of hydrogen-bond donors (Lipinski definition) is 3. The number of carbonyl (C=O) groups is 1. The van der Waals surface area contributed by atoms with E-state index in [1.807, 2.05) is 51.1 Å². The van der Waals surface area contributed by atoms with Crippen LogP contribution in [0.2, 0.25) is 0 Å². The zero-order valence-electron chi connectivity index (χ0n) is 15.5. The molecule has 0 radical (unpaired) electrons. The molecule has 25 heavy (non-hydrogen) atoms. The van der Waals surface area contributed by atoms with Crippen LogP contribution in [-0.4, -0.2) is 29.7 Å². The molecule has 138 valence electrons. The predicted octanol–water partition coefficient (Wildman–Crippen LogP) is 3.64. The van der Waals surface area contributed by atoms with Crippen molar-refractivity contribution in [1.29, 1.82) is 0 Å². The number of ether oxygens (including phenoxy) is 1. The number of nitrogens with one attached hydrogen (secondary N) is 2. The Hall–Kier alpha value is -2.24. The Morgan fingerprint density at radius 3 is 2.44 bits per heavy atom. The number of hydrogen-bond acceptors (Lipinski definition) is 3. The lowest BCUT2D eigenvalue weighted by Crippen LogP contribution is -2.53. The molecule has 0 bridgehead atoms. The smallest absolute Gasteiger partial charge is 0.408 e. The van der Waals surface area contributed by atoms with Gasteiger partial charge < -0.3 is 21.1 Å². The van der Waals surface area contributed by atoms with Crippen LogP contribution in [0.1, 0.15) is 52.9 Å². The second kappa shape index (κ2) is 8.23. The summed E-state index contributed by atoms with van der Waals surface area (Å²) in [7, 11) is 0. The van der Waals surface area contributed by atoms with E-state index in [9.17, 15) is 4.79 Å². The summed E-state index contributed by atoms with van der Waals surface area (Å²) < 4.78 is 5.42. The minimum absolute atomic E-state index is 0.349. The van der Waals surface area contributed by atoms with Crippen molar-refractivity contribution in [3.8, 4) is 0 Å². The summed E-state index contributed by atoms with van der Waals surface area (Å²) >= 11 is 0. The number of anilines is 1. The van der Waals surface area contributed by atoms with Crippen molar-refractivity contribution in [1.82, 2.24) is 5.32 Å². The van der Waals surface area contributed by atoms with Crippen LogP contribution >= 0.6 is 0 Å². The number of amides is 1. The second-order valence-corrected chi connectivity index (χ2v) is 7.66. The summed E-state index contributed by atoms with van der Waals surface area (Å²) in [4.78, 5) is 16.7. The normalized spacial score (nSPS) is 17.6. The van der Waals surface area contributed by atoms with Crippen LogP contribution in [0.3, 0.4) is 0 Å². The van der Waals surface area contributed by atoms with Crippen LogP contribution in [0.4, 0.5) is 10.5 Å². The van der Waals surface area contributed by atoms with Gasteiger partial charge in [-0.1, -0.05) is 37.5 Å². The average Bonchev–Trinajstić information content (AvgIpc) is 2.53. The van der Waals surface area contributed by atoms with Crippen molar-refractivity contribution in [3.63, 3.8) is 0 Å². The van der Waals surface area contributed by atoms with Crippen LogP contribution in [0.5, 0.6) is 0 Å². The summed E-state index contributed by atoms with van der Waals surface area (Å²) in [5.74, 6) is 0.349. The summed E-state index contributed by atoms with van der Waals surface area (Å²) in [5, 5.41) is 6.13. The van der Waals surface area contributed by atoms with Crippen molar-refractivity contribution in [2.45, 2.75) is 64.0 Å². The zero-order chi connectivity index (χ0) is 18.3.